The van der Waals surface area contributed by atoms with E-state index in [-0.39, 0.29) is 11.5 Å². The van der Waals surface area contributed by atoms with Gasteiger partial charge in [-0.1, -0.05) is 21.1 Å². The minimum Gasteiger partial charge on any atom is -0.493 e. The Morgan fingerprint density at radius 2 is 1.92 bits per heavy atom. The lowest BCUT2D eigenvalue weighted by Crippen LogP contribution is -2.03. The second kappa shape index (κ2) is 8.50. The first kappa shape index (κ1) is 18.7. The number of aromatic nitrogens is 2. The number of hydrogen-bond donors (Lipinski definition) is 0. The van der Waals surface area contributed by atoms with Crippen molar-refractivity contribution in [2.24, 2.45) is 0 Å². The number of rotatable bonds is 7. The molecule has 136 valence electrons. The molecule has 9 heteroatoms. The van der Waals surface area contributed by atoms with Crippen molar-refractivity contribution >= 4 is 27.7 Å². The van der Waals surface area contributed by atoms with Crippen LogP contribution in [0.4, 0.5) is 8.78 Å². The van der Waals surface area contributed by atoms with Crippen LogP contribution in [0.15, 0.2) is 56.4 Å². The minimum absolute atomic E-state index is 0.0548. The number of nitrogens with zero attached hydrogens (tertiary/aromatic N) is 2. The molecule has 0 aliphatic rings. The molecule has 0 N–H and O–H groups in total. The van der Waals surface area contributed by atoms with Gasteiger partial charge in [0.05, 0.1) is 12.9 Å². The SMILES string of the molecule is COc1cc(-c2noc(CSc3ccc(Br)cc3)n2)ccc1OC(F)F. The van der Waals surface area contributed by atoms with Gasteiger partial charge in [-0.05, 0) is 42.5 Å². The number of alkyl halides is 2. The molecule has 3 aromatic rings. The van der Waals surface area contributed by atoms with Gasteiger partial charge in [-0.3, -0.25) is 0 Å². The molecule has 0 bridgehead atoms. The molecule has 0 saturated carbocycles. The van der Waals surface area contributed by atoms with E-state index in [0.29, 0.717) is 23.0 Å². The van der Waals surface area contributed by atoms with Gasteiger partial charge >= 0.3 is 6.61 Å². The first-order valence-electron chi connectivity index (χ1n) is 7.39. The highest BCUT2D eigenvalue weighted by atomic mass is 79.9. The fraction of sp³-hybridized carbons (Fsp3) is 0.176. The first-order chi connectivity index (χ1) is 12.5. The first-order valence-corrected chi connectivity index (χ1v) is 9.17. The minimum atomic E-state index is -2.93. The van der Waals surface area contributed by atoms with Crippen LogP contribution in [-0.2, 0) is 5.75 Å². The van der Waals surface area contributed by atoms with Gasteiger partial charge in [0.1, 0.15) is 0 Å². The van der Waals surface area contributed by atoms with E-state index in [1.54, 1.807) is 17.8 Å². The van der Waals surface area contributed by atoms with Gasteiger partial charge in [-0.2, -0.15) is 13.8 Å². The van der Waals surface area contributed by atoms with Crippen molar-refractivity contribution in [3.8, 4) is 22.9 Å². The standard InChI is InChI=1S/C17H13BrF2N2O3S/c1-23-14-8-10(2-7-13(14)24-17(19)20)16-21-15(25-22-16)9-26-12-5-3-11(18)4-6-12/h2-8,17H,9H2,1H3. The lowest BCUT2D eigenvalue weighted by atomic mass is 10.2. The Hall–Kier alpha value is -2.13. The molecule has 0 aliphatic heterocycles. The quantitative estimate of drug-likeness (QED) is 0.456. The van der Waals surface area contributed by atoms with Crippen molar-refractivity contribution in [1.29, 1.82) is 0 Å². The summed E-state index contributed by atoms with van der Waals surface area (Å²) in [6.07, 6.45) is 0. The molecule has 0 atom stereocenters. The Morgan fingerprint density at radius 3 is 2.62 bits per heavy atom. The van der Waals surface area contributed by atoms with Crippen LogP contribution in [0.3, 0.4) is 0 Å². The monoisotopic (exact) mass is 442 g/mol. The molecule has 1 heterocycles. The molecule has 5 nitrogen and oxygen atoms in total. The van der Waals surface area contributed by atoms with Crippen molar-refractivity contribution in [2.45, 2.75) is 17.3 Å². The number of ether oxygens (including phenoxy) is 2. The zero-order chi connectivity index (χ0) is 18.5. The topological polar surface area (TPSA) is 57.4 Å². The molecule has 0 spiro atoms. The summed E-state index contributed by atoms with van der Waals surface area (Å²) in [4.78, 5) is 5.40. The summed E-state index contributed by atoms with van der Waals surface area (Å²) >= 11 is 4.95. The van der Waals surface area contributed by atoms with Gasteiger partial charge in [0, 0.05) is 14.9 Å². The molecular weight excluding hydrogens is 430 g/mol. The summed E-state index contributed by atoms with van der Waals surface area (Å²) in [5, 5.41) is 3.93. The van der Waals surface area contributed by atoms with E-state index in [0.717, 1.165) is 9.37 Å². The molecule has 0 amide bonds. The van der Waals surface area contributed by atoms with Crippen molar-refractivity contribution in [3.05, 3.63) is 52.8 Å². The lowest BCUT2D eigenvalue weighted by Gasteiger charge is -2.10. The van der Waals surface area contributed by atoms with Crippen molar-refractivity contribution < 1.29 is 22.8 Å². The van der Waals surface area contributed by atoms with Crippen LogP contribution in [0.5, 0.6) is 11.5 Å². The van der Waals surface area contributed by atoms with E-state index in [2.05, 4.69) is 30.8 Å². The Balaban J connectivity index is 1.71. The highest BCUT2D eigenvalue weighted by Gasteiger charge is 2.15. The van der Waals surface area contributed by atoms with Gasteiger partial charge in [0.2, 0.25) is 11.7 Å². The third-order valence-electron chi connectivity index (χ3n) is 3.28. The summed E-state index contributed by atoms with van der Waals surface area (Å²) in [6, 6.07) is 12.4. The molecule has 0 aliphatic carbocycles. The highest BCUT2D eigenvalue weighted by molar-refractivity contribution is 9.10. The maximum atomic E-state index is 12.4. The average molecular weight is 443 g/mol. The Labute approximate surface area is 160 Å². The number of methoxy groups -OCH3 is 1. The van der Waals surface area contributed by atoms with Gasteiger partial charge < -0.3 is 14.0 Å². The molecule has 1 aromatic heterocycles. The molecule has 0 saturated heterocycles. The number of halogens is 3. The smallest absolute Gasteiger partial charge is 0.387 e. The largest absolute Gasteiger partial charge is 0.493 e. The molecule has 3 rings (SSSR count). The van der Waals surface area contributed by atoms with E-state index in [4.69, 9.17) is 9.26 Å². The van der Waals surface area contributed by atoms with Crippen LogP contribution >= 0.6 is 27.7 Å². The second-order valence-electron chi connectivity index (χ2n) is 5.00. The second-order valence-corrected chi connectivity index (χ2v) is 6.96. The van der Waals surface area contributed by atoms with Crippen molar-refractivity contribution in [3.63, 3.8) is 0 Å². The van der Waals surface area contributed by atoms with E-state index >= 15 is 0 Å². The van der Waals surface area contributed by atoms with E-state index in [1.807, 2.05) is 24.3 Å². The Morgan fingerprint density at radius 1 is 1.15 bits per heavy atom. The number of hydrogen-bond acceptors (Lipinski definition) is 6. The summed E-state index contributed by atoms with van der Waals surface area (Å²) in [6.45, 7) is -2.93. The van der Waals surface area contributed by atoms with Crippen molar-refractivity contribution in [2.75, 3.05) is 7.11 Å². The zero-order valence-electron chi connectivity index (χ0n) is 13.5. The summed E-state index contributed by atoms with van der Waals surface area (Å²) in [5.74, 6) is 1.43. The fourth-order valence-corrected chi connectivity index (χ4v) is 3.11. The van der Waals surface area contributed by atoms with E-state index < -0.39 is 6.61 Å². The van der Waals surface area contributed by atoms with Crippen LogP contribution in [0.25, 0.3) is 11.4 Å². The predicted molar refractivity (Wildman–Crippen MR) is 96.6 cm³/mol. The van der Waals surface area contributed by atoms with E-state index in [1.165, 1.54) is 19.2 Å². The van der Waals surface area contributed by atoms with Crippen LogP contribution in [-0.4, -0.2) is 23.9 Å². The third kappa shape index (κ3) is 4.73. The maximum absolute atomic E-state index is 12.4. The van der Waals surface area contributed by atoms with Crippen LogP contribution in [0, 0.1) is 0 Å². The highest BCUT2D eigenvalue weighted by Crippen LogP contribution is 2.33. The molecular formula is C17H13BrF2N2O3S. The van der Waals surface area contributed by atoms with Crippen LogP contribution < -0.4 is 9.47 Å². The molecule has 0 unspecified atom stereocenters. The van der Waals surface area contributed by atoms with Gasteiger partial charge in [-0.25, -0.2) is 0 Å². The lowest BCUT2D eigenvalue weighted by molar-refractivity contribution is -0.0512. The summed E-state index contributed by atoms with van der Waals surface area (Å²) < 4.78 is 40.5. The normalized spacial score (nSPS) is 11.0. The van der Waals surface area contributed by atoms with E-state index in [9.17, 15) is 8.78 Å². The Kier molecular flexibility index (Phi) is 6.10. The number of thioether (sulfide) groups is 1. The van der Waals surface area contributed by atoms with Gasteiger partial charge in [0.15, 0.2) is 11.5 Å². The maximum Gasteiger partial charge on any atom is 0.387 e. The van der Waals surface area contributed by atoms with Crippen molar-refractivity contribution in [1.82, 2.24) is 10.1 Å². The third-order valence-corrected chi connectivity index (χ3v) is 4.81. The Bertz CT molecular complexity index is 875. The van der Waals surface area contributed by atoms with Crippen LogP contribution in [0.2, 0.25) is 0 Å². The number of benzene rings is 2. The van der Waals surface area contributed by atoms with Crippen LogP contribution in [0.1, 0.15) is 5.89 Å². The fourth-order valence-electron chi connectivity index (χ4n) is 2.11. The molecule has 26 heavy (non-hydrogen) atoms. The summed E-state index contributed by atoms with van der Waals surface area (Å²) in [5.41, 5.74) is 0.576. The molecule has 2 aromatic carbocycles. The predicted octanol–water partition coefficient (Wildman–Crippen LogP) is 5.40. The molecule has 0 fully saturated rings. The van der Waals surface area contributed by atoms with Gasteiger partial charge in [-0.15, -0.1) is 11.8 Å². The zero-order valence-corrected chi connectivity index (χ0v) is 15.9. The molecule has 0 radical (unpaired) electrons. The summed E-state index contributed by atoms with van der Waals surface area (Å²) in [7, 11) is 1.37. The average Bonchev–Trinajstić information content (AvgIpc) is 3.10. The van der Waals surface area contributed by atoms with Gasteiger partial charge in [0.25, 0.3) is 0 Å².